The van der Waals surface area contributed by atoms with E-state index in [2.05, 4.69) is 20.1 Å². The van der Waals surface area contributed by atoms with Crippen LogP contribution < -0.4 is 10.1 Å². The molecule has 2 saturated heterocycles. The summed E-state index contributed by atoms with van der Waals surface area (Å²) in [7, 11) is 0. The van der Waals surface area contributed by atoms with Crippen LogP contribution in [0.3, 0.4) is 0 Å². The molecular weight excluding hydrogens is 546 g/mol. The van der Waals surface area contributed by atoms with E-state index >= 15 is 0 Å². The molecule has 1 aromatic heterocycles. The molecule has 0 radical (unpaired) electrons. The summed E-state index contributed by atoms with van der Waals surface area (Å²) in [6, 6.07) is 6.02. The van der Waals surface area contributed by atoms with Crippen molar-refractivity contribution in [1.82, 2.24) is 14.7 Å². The van der Waals surface area contributed by atoms with Crippen LogP contribution in [0.1, 0.15) is 58.1 Å². The van der Waals surface area contributed by atoms with Crippen molar-refractivity contribution in [3.63, 3.8) is 0 Å². The normalized spacial score (nSPS) is 19.9. The molecule has 9 nitrogen and oxygen atoms in total. The van der Waals surface area contributed by atoms with Gasteiger partial charge in [-0.2, -0.15) is 13.9 Å². The van der Waals surface area contributed by atoms with Crippen molar-refractivity contribution in [2.75, 3.05) is 38.2 Å². The van der Waals surface area contributed by atoms with E-state index in [1.54, 1.807) is 17.8 Å². The van der Waals surface area contributed by atoms with Crippen LogP contribution in [0.5, 0.6) is 5.75 Å². The zero-order chi connectivity index (χ0) is 29.1. The Kier molecular flexibility index (Phi) is 9.36. The lowest BCUT2D eigenvalue weighted by Crippen LogP contribution is -2.56. The lowest BCUT2D eigenvalue weighted by molar-refractivity contribution is -0.156. The fourth-order valence-corrected chi connectivity index (χ4v) is 6.09. The largest absolute Gasteiger partial charge is 0.481 e. The summed E-state index contributed by atoms with van der Waals surface area (Å²) in [5, 5.41) is 17.7. The minimum atomic E-state index is -3.09. The number of hydrogen-bond donors (Lipinski definition) is 2. The number of hydrogen-bond acceptors (Lipinski definition) is 6. The first-order valence-corrected chi connectivity index (χ1v) is 14.0. The molecule has 4 rings (SSSR count). The van der Waals surface area contributed by atoms with E-state index in [1.807, 2.05) is 19.9 Å². The second kappa shape index (κ2) is 12.4. The lowest BCUT2D eigenvalue weighted by atomic mass is 9.72. The summed E-state index contributed by atoms with van der Waals surface area (Å²) in [6.07, 6.45) is 3.73. The number of rotatable bonds is 10. The van der Waals surface area contributed by atoms with Crippen molar-refractivity contribution in [2.45, 2.75) is 64.5 Å². The number of carbonyl (C=O) groups is 2. The van der Waals surface area contributed by atoms with Crippen LogP contribution in [0.2, 0.25) is 5.02 Å². The van der Waals surface area contributed by atoms with Gasteiger partial charge in [-0.05, 0) is 62.6 Å². The van der Waals surface area contributed by atoms with Gasteiger partial charge in [0, 0.05) is 55.8 Å². The van der Waals surface area contributed by atoms with Gasteiger partial charge in [0.15, 0.2) is 5.75 Å². The average molecular weight is 583 g/mol. The molecular formula is C28H37ClF2N4O5. The fourth-order valence-electron chi connectivity index (χ4n) is 5.93. The quantitative estimate of drug-likeness (QED) is 0.396. The molecule has 1 atom stereocenters. The molecule has 0 saturated carbocycles. The summed E-state index contributed by atoms with van der Waals surface area (Å²) >= 11 is 5.99. The van der Waals surface area contributed by atoms with Gasteiger partial charge in [0.2, 0.25) is 0 Å². The predicted octanol–water partition coefficient (Wildman–Crippen LogP) is 5.21. The monoisotopic (exact) mass is 582 g/mol. The van der Waals surface area contributed by atoms with Crippen LogP contribution in [0, 0.1) is 11.3 Å². The van der Waals surface area contributed by atoms with Crippen molar-refractivity contribution in [3.8, 4) is 5.75 Å². The zero-order valence-electron chi connectivity index (χ0n) is 23.0. The Morgan fingerprint density at radius 1 is 1.25 bits per heavy atom. The number of ether oxygens (including phenoxy) is 2. The highest BCUT2D eigenvalue weighted by Crippen LogP contribution is 2.40. The van der Waals surface area contributed by atoms with E-state index in [0.717, 1.165) is 5.69 Å². The summed E-state index contributed by atoms with van der Waals surface area (Å²) in [6.45, 7) is 5.09. The smallest absolute Gasteiger partial charge is 0.387 e. The van der Waals surface area contributed by atoms with Crippen molar-refractivity contribution in [2.24, 2.45) is 11.3 Å². The predicted molar refractivity (Wildman–Crippen MR) is 146 cm³/mol. The molecule has 0 bridgehead atoms. The minimum absolute atomic E-state index is 0.00875. The molecule has 12 heteroatoms. The number of anilines is 1. The van der Waals surface area contributed by atoms with Gasteiger partial charge >= 0.3 is 12.6 Å². The van der Waals surface area contributed by atoms with Gasteiger partial charge < -0.3 is 24.8 Å². The molecule has 220 valence electrons. The van der Waals surface area contributed by atoms with Crippen LogP contribution >= 0.6 is 11.6 Å². The fraction of sp³-hybridized carbons (Fsp3) is 0.607. The molecule has 2 fully saturated rings. The molecule has 0 aliphatic carbocycles. The lowest BCUT2D eigenvalue weighted by Gasteiger charge is -2.45. The number of likely N-dealkylation sites (tertiary alicyclic amines) is 1. The molecule has 1 unspecified atom stereocenters. The molecule has 2 aliphatic heterocycles. The maximum absolute atomic E-state index is 14.1. The maximum atomic E-state index is 14.1. The molecule has 2 N–H and O–H groups in total. The minimum Gasteiger partial charge on any atom is -0.481 e. The van der Waals surface area contributed by atoms with Gasteiger partial charge in [-0.15, -0.1) is 0 Å². The molecule has 2 aromatic rings. The number of carboxylic acid groups (broad SMARTS) is 1. The number of aromatic nitrogens is 2. The summed E-state index contributed by atoms with van der Waals surface area (Å²) in [4.78, 5) is 28.6. The first-order chi connectivity index (χ1) is 19.0. The van der Waals surface area contributed by atoms with Gasteiger partial charge in [0.25, 0.3) is 5.91 Å². The summed E-state index contributed by atoms with van der Waals surface area (Å²) < 4.78 is 38.0. The van der Waals surface area contributed by atoms with Gasteiger partial charge in [-0.3, -0.25) is 14.3 Å². The number of piperidine rings is 1. The Morgan fingerprint density at radius 2 is 1.93 bits per heavy atom. The second-order valence-electron chi connectivity index (χ2n) is 11.2. The Bertz CT molecular complexity index is 1200. The third-order valence-corrected chi connectivity index (χ3v) is 8.58. The molecule has 2 aliphatic rings. The van der Waals surface area contributed by atoms with E-state index in [9.17, 15) is 23.5 Å². The molecule has 40 heavy (non-hydrogen) atoms. The van der Waals surface area contributed by atoms with Gasteiger partial charge in [-0.1, -0.05) is 25.4 Å². The standard InChI is InChI=1S/C28H37ClF2N4O5/c1-18(2)22-6-11-32-35(22)28(24(36)33-21-5-4-20(29)16-23(21)40-26(30)31)9-12-34(13-10-28)17-27(3,25(37)38)19-7-14-39-15-8-19/h4-6,11,16,18-19,26H,7-10,12-15,17H2,1-3H3,(H,33,36)(H,37,38). The van der Waals surface area contributed by atoms with E-state index < -0.39 is 29.4 Å². The van der Waals surface area contributed by atoms with Crippen LogP contribution in [-0.2, 0) is 19.9 Å². The van der Waals surface area contributed by atoms with E-state index in [-0.39, 0.29) is 28.3 Å². The third-order valence-electron chi connectivity index (χ3n) is 8.35. The summed E-state index contributed by atoms with van der Waals surface area (Å²) in [5.74, 6) is -1.42. The van der Waals surface area contributed by atoms with Crippen LogP contribution in [0.25, 0.3) is 0 Å². The van der Waals surface area contributed by atoms with E-state index in [4.69, 9.17) is 16.3 Å². The number of amides is 1. The Labute approximate surface area is 237 Å². The van der Waals surface area contributed by atoms with Crippen molar-refractivity contribution in [1.29, 1.82) is 0 Å². The highest BCUT2D eigenvalue weighted by molar-refractivity contribution is 6.30. The number of benzene rings is 1. The number of alkyl halides is 2. The number of carbonyl (C=O) groups excluding carboxylic acids is 1. The number of nitrogens with one attached hydrogen (secondary N) is 1. The Morgan fingerprint density at radius 3 is 2.52 bits per heavy atom. The molecule has 0 spiro atoms. The van der Waals surface area contributed by atoms with Crippen molar-refractivity contribution < 1.29 is 33.0 Å². The van der Waals surface area contributed by atoms with E-state index in [1.165, 1.54) is 18.2 Å². The highest BCUT2D eigenvalue weighted by Gasteiger charge is 2.48. The molecule has 1 amide bonds. The van der Waals surface area contributed by atoms with E-state index in [0.29, 0.717) is 58.5 Å². The second-order valence-corrected chi connectivity index (χ2v) is 11.6. The zero-order valence-corrected chi connectivity index (χ0v) is 23.8. The summed E-state index contributed by atoms with van der Waals surface area (Å²) in [5.41, 5.74) is -1.14. The number of aliphatic carboxylic acids is 1. The van der Waals surface area contributed by atoms with Crippen molar-refractivity contribution in [3.05, 3.63) is 41.2 Å². The number of nitrogens with zero attached hydrogens (tertiary/aromatic N) is 3. The van der Waals surface area contributed by atoms with Gasteiger partial charge in [0.1, 0.15) is 5.54 Å². The molecule has 1 aromatic carbocycles. The highest BCUT2D eigenvalue weighted by atomic mass is 35.5. The van der Waals surface area contributed by atoms with Gasteiger partial charge in [-0.25, -0.2) is 0 Å². The maximum Gasteiger partial charge on any atom is 0.387 e. The first kappa shape index (κ1) is 30.2. The van der Waals surface area contributed by atoms with Crippen LogP contribution in [-0.4, -0.2) is 71.1 Å². The van der Waals surface area contributed by atoms with Gasteiger partial charge in [0.05, 0.1) is 11.1 Å². The topological polar surface area (TPSA) is 106 Å². The third kappa shape index (κ3) is 6.26. The Balaban J connectivity index is 1.61. The molecule has 3 heterocycles. The average Bonchev–Trinajstić information content (AvgIpc) is 3.42. The number of carboxylic acids is 1. The number of halogens is 3. The van der Waals surface area contributed by atoms with Crippen LogP contribution in [0.15, 0.2) is 30.5 Å². The Hall–Kier alpha value is -2.76. The van der Waals surface area contributed by atoms with Crippen molar-refractivity contribution >= 4 is 29.2 Å². The first-order valence-electron chi connectivity index (χ1n) is 13.6. The SMILES string of the molecule is CC(C)c1ccnn1C1(C(=O)Nc2ccc(Cl)cc2OC(F)F)CCN(CC(C)(C(=O)O)C2CCOCC2)CC1. The van der Waals surface area contributed by atoms with Crippen LogP contribution in [0.4, 0.5) is 14.5 Å².